The summed E-state index contributed by atoms with van der Waals surface area (Å²) in [6.07, 6.45) is 3.69. The molecule has 1 aromatic heterocycles. The molecule has 3 heteroatoms. The van der Waals surface area contributed by atoms with Crippen LogP contribution in [0.25, 0.3) is 0 Å². The Labute approximate surface area is 104 Å². The van der Waals surface area contributed by atoms with Crippen molar-refractivity contribution in [3.63, 3.8) is 0 Å². The molecule has 1 fully saturated rings. The molecule has 17 heavy (non-hydrogen) atoms. The summed E-state index contributed by atoms with van der Waals surface area (Å²) in [5.41, 5.74) is 2.49. The molecule has 1 aliphatic rings. The Kier molecular flexibility index (Phi) is 3.87. The van der Waals surface area contributed by atoms with Crippen molar-refractivity contribution in [1.29, 1.82) is 0 Å². The molecule has 1 unspecified atom stereocenters. The normalized spacial score (nSPS) is 21.4. The van der Waals surface area contributed by atoms with E-state index in [-0.39, 0.29) is 6.23 Å². The maximum absolute atomic E-state index is 5.85. The van der Waals surface area contributed by atoms with E-state index >= 15 is 0 Å². The zero-order valence-corrected chi connectivity index (χ0v) is 11.4. The molecule has 1 aromatic rings. The summed E-state index contributed by atoms with van der Waals surface area (Å²) in [6, 6.07) is 2.24. The lowest BCUT2D eigenvalue weighted by Crippen LogP contribution is -2.21. The molecule has 0 saturated carbocycles. The van der Waals surface area contributed by atoms with Crippen LogP contribution in [-0.2, 0) is 4.74 Å². The predicted octanol–water partition coefficient (Wildman–Crippen LogP) is 3.83. The molecule has 1 atom stereocenters. The van der Waals surface area contributed by atoms with E-state index < -0.39 is 0 Å². The van der Waals surface area contributed by atoms with E-state index in [1.807, 2.05) is 0 Å². The van der Waals surface area contributed by atoms with E-state index in [0.29, 0.717) is 11.8 Å². The van der Waals surface area contributed by atoms with Crippen molar-refractivity contribution in [3.05, 3.63) is 17.5 Å². The number of aromatic nitrogens is 2. The molecule has 96 valence electrons. The fourth-order valence-corrected chi connectivity index (χ4v) is 2.29. The highest BCUT2D eigenvalue weighted by molar-refractivity contribution is 5.16. The highest BCUT2D eigenvalue weighted by atomic mass is 16.5. The first-order valence-corrected chi connectivity index (χ1v) is 6.80. The zero-order chi connectivity index (χ0) is 12.4. The van der Waals surface area contributed by atoms with Crippen LogP contribution in [0.3, 0.4) is 0 Å². The fourth-order valence-electron chi connectivity index (χ4n) is 2.29. The first-order valence-electron chi connectivity index (χ1n) is 6.80. The summed E-state index contributed by atoms with van der Waals surface area (Å²) in [5, 5.41) is 4.75. The van der Waals surface area contributed by atoms with Gasteiger partial charge in [0.05, 0.1) is 5.69 Å². The van der Waals surface area contributed by atoms with Crippen LogP contribution in [0.5, 0.6) is 0 Å². The van der Waals surface area contributed by atoms with Gasteiger partial charge in [0.15, 0.2) is 0 Å². The van der Waals surface area contributed by atoms with Gasteiger partial charge < -0.3 is 4.74 Å². The van der Waals surface area contributed by atoms with Gasteiger partial charge in [-0.25, -0.2) is 4.68 Å². The number of hydrogen-bond acceptors (Lipinski definition) is 2. The second-order valence-electron chi connectivity index (χ2n) is 5.57. The predicted molar refractivity (Wildman–Crippen MR) is 69.2 cm³/mol. The Balaban J connectivity index is 2.29. The second kappa shape index (κ2) is 5.21. The van der Waals surface area contributed by atoms with Crippen LogP contribution in [0, 0.1) is 0 Å². The van der Waals surface area contributed by atoms with E-state index in [9.17, 15) is 0 Å². The van der Waals surface area contributed by atoms with Gasteiger partial charge >= 0.3 is 0 Å². The van der Waals surface area contributed by atoms with Gasteiger partial charge in [-0.3, -0.25) is 0 Å². The Morgan fingerprint density at radius 3 is 2.53 bits per heavy atom. The fraction of sp³-hybridized carbons (Fsp3) is 0.786. The van der Waals surface area contributed by atoms with E-state index in [2.05, 4.69) is 38.4 Å². The van der Waals surface area contributed by atoms with Gasteiger partial charge in [-0.15, -0.1) is 0 Å². The van der Waals surface area contributed by atoms with Gasteiger partial charge in [-0.05, 0) is 37.2 Å². The van der Waals surface area contributed by atoms with Crippen LogP contribution in [0.1, 0.15) is 76.4 Å². The largest absolute Gasteiger partial charge is 0.357 e. The Bertz CT molecular complexity index is 362. The van der Waals surface area contributed by atoms with Gasteiger partial charge in [0, 0.05) is 12.3 Å². The summed E-state index contributed by atoms with van der Waals surface area (Å²) in [4.78, 5) is 0. The average Bonchev–Trinajstić information content (AvgIpc) is 2.75. The lowest BCUT2D eigenvalue weighted by molar-refractivity contribution is -0.0416. The molecule has 1 aliphatic heterocycles. The highest BCUT2D eigenvalue weighted by Gasteiger charge is 2.22. The van der Waals surface area contributed by atoms with Crippen LogP contribution >= 0.6 is 0 Å². The molecule has 2 heterocycles. The van der Waals surface area contributed by atoms with Crippen molar-refractivity contribution in [3.8, 4) is 0 Å². The van der Waals surface area contributed by atoms with Crippen molar-refractivity contribution in [2.24, 2.45) is 0 Å². The standard InChI is InChI=1S/C14H24N2O/c1-10(2)12-9-13(11(3)4)16(15-12)14-7-5-6-8-17-14/h9-11,14H,5-8H2,1-4H3. The lowest BCUT2D eigenvalue weighted by atomic mass is 10.1. The summed E-state index contributed by atoms with van der Waals surface area (Å²) in [6.45, 7) is 9.71. The van der Waals surface area contributed by atoms with Crippen molar-refractivity contribution >= 4 is 0 Å². The van der Waals surface area contributed by atoms with E-state index in [0.717, 1.165) is 13.0 Å². The maximum atomic E-state index is 5.85. The monoisotopic (exact) mass is 236 g/mol. The van der Waals surface area contributed by atoms with Crippen LogP contribution < -0.4 is 0 Å². The average molecular weight is 236 g/mol. The Hall–Kier alpha value is -0.830. The molecule has 0 spiro atoms. The molecule has 3 nitrogen and oxygen atoms in total. The molecule has 0 aromatic carbocycles. The van der Waals surface area contributed by atoms with Crippen molar-refractivity contribution in [2.45, 2.75) is 65.0 Å². The minimum Gasteiger partial charge on any atom is -0.357 e. The van der Waals surface area contributed by atoms with Crippen LogP contribution in [0.2, 0.25) is 0 Å². The third kappa shape index (κ3) is 2.71. The second-order valence-corrected chi connectivity index (χ2v) is 5.57. The van der Waals surface area contributed by atoms with Gasteiger partial charge in [0.1, 0.15) is 6.23 Å². The first kappa shape index (κ1) is 12.6. The quantitative estimate of drug-likeness (QED) is 0.797. The Morgan fingerprint density at radius 1 is 1.24 bits per heavy atom. The lowest BCUT2D eigenvalue weighted by Gasteiger charge is -2.25. The molecule has 0 N–H and O–H groups in total. The Morgan fingerprint density at radius 2 is 2.00 bits per heavy atom. The third-order valence-corrected chi connectivity index (χ3v) is 3.40. The van der Waals surface area contributed by atoms with Crippen LogP contribution in [-0.4, -0.2) is 16.4 Å². The maximum Gasteiger partial charge on any atom is 0.150 e. The molecular formula is C14H24N2O. The highest BCUT2D eigenvalue weighted by Crippen LogP contribution is 2.28. The van der Waals surface area contributed by atoms with E-state index in [1.165, 1.54) is 24.2 Å². The summed E-state index contributed by atoms with van der Waals surface area (Å²) >= 11 is 0. The number of rotatable bonds is 3. The van der Waals surface area contributed by atoms with Crippen molar-refractivity contribution < 1.29 is 4.74 Å². The molecule has 0 aliphatic carbocycles. The van der Waals surface area contributed by atoms with E-state index in [4.69, 9.17) is 9.84 Å². The smallest absolute Gasteiger partial charge is 0.150 e. The molecular weight excluding hydrogens is 212 g/mol. The van der Waals surface area contributed by atoms with Gasteiger partial charge in [-0.1, -0.05) is 27.7 Å². The third-order valence-electron chi connectivity index (χ3n) is 3.40. The van der Waals surface area contributed by atoms with Crippen LogP contribution in [0.4, 0.5) is 0 Å². The molecule has 0 bridgehead atoms. The van der Waals surface area contributed by atoms with E-state index in [1.54, 1.807) is 0 Å². The molecule has 0 amide bonds. The van der Waals surface area contributed by atoms with Crippen molar-refractivity contribution in [1.82, 2.24) is 9.78 Å². The van der Waals surface area contributed by atoms with Gasteiger partial charge in [0.2, 0.25) is 0 Å². The summed E-state index contributed by atoms with van der Waals surface area (Å²) in [5.74, 6) is 0.984. The number of ether oxygens (including phenoxy) is 1. The van der Waals surface area contributed by atoms with Gasteiger partial charge in [-0.2, -0.15) is 5.10 Å². The topological polar surface area (TPSA) is 27.1 Å². The van der Waals surface area contributed by atoms with Gasteiger partial charge in [0.25, 0.3) is 0 Å². The molecule has 2 rings (SSSR count). The number of nitrogens with zero attached hydrogens (tertiary/aromatic N) is 2. The molecule has 1 saturated heterocycles. The SMILES string of the molecule is CC(C)c1cc(C(C)C)n(C2CCCCO2)n1. The minimum absolute atomic E-state index is 0.161. The minimum atomic E-state index is 0.161. The van der Waals surface area contributed by atoms with Crippen LogP contribution in [0.15, 0.2) is 6.07 Å². The summed E-state index contributed by atoms with van der Waals surface area (Å²) in [7, 11) is 0. The first-order chi connectivity index (χ1) is 8.09. The molecule has 0 radical (unpaired) electrons. The van der Waals surface area contributed by atoms with Crippen molar-refractivity contribution in [2.75, 3.05) is 6.61 Å². The zero-order valence-electron chi connectivity index (χ0n) is 11.4. The number of hydrogen-bond donors (Lipinski definition) is 0. The summed E-state index contributed by atoms with van der Waals surface area (Å²) < 4.78 is 7.97.